The molecule has 1 aliphatic rings. The molecule has 88 valence electrons. The van der Waals surface area contributed by atoms with Crippen LogP contribution >= 0.6 is 11.8 Å². The molecule has 0 aromatic heterocycles. The monoisotopic (exact) mass is 235 g/mol. The number of hydrogen-bond donors (Lipinski definition) is 1. The summed E-state index contributed by atoms with van der Waals surface area (Å²) in [4.78, 5) is 0. The molecular weight excluding hydrogens is 214 g/mol. The van der Waals surface area contributed by atoms with Gasteiger partial charge in [0.15, 0.2) is 0 Å². The van der Waals surface area contributed by atoms with Crippen molar-refractivity contribution < 1.29 is 0 Å². The summed E-state index contributed by atoms with van der Waals surface area (Å²) in [5, 5.41) is 4.46. The van der Waals surface area contributed by atoms with Crippen LogP contribution in [0.3, 0.4) is 0 Å². The summed E-state index contributed by atoms with van der Waals surface area (Å²) in [6, 6.07) is 9.34. The Kier molecular flexibility index (Phi) is 4.16. The second kappa shape index (κ2) is 5.62. The molecule has 16 heavy (non-hydrogen) atoms. The van der Waals surface area contributed by atoms with E-state index in [0.29, 0.717) is 6.04 Å². The van der Waals surface area contributed by atoms with Gasteiger partial charge in [0, 0.05) is 17.0 Å². The molecule has 0 saturated carbocycles. The molecule has 1 fully saturated rings. The number of hydrogen-bond acceptors (Lipinski definition) is 2. The highest BCUT2D eigenvalue weighted by atomic mass is 32.2. The van der Waals surface area contributed by atoms with E-state index in [0.717, 1.165) is 11.7 Å². The van der Waals surface area contributed by atoms with Gasteiger partial charge < -0.3 is 5.32 Å². The minimum absolute atomic E-state index is 0.645. The molecule has 0 radical (unpaired) electrons. The van der Waals surface area contributed by atoms with Crippen LogP contribution in [0, 0.1) is 0 Å². The van der Waals surface area contributed by atoms with Gasteiger partial charge in [0.1, 0.15) is 0 Å². The zero-order valence-electron chi connectivity index (χ0n) is 10.2. The van der Waals surface area contributed by atoms with Crippen LogP contribution in [0.2, 0.25) is 0 Å². The number of rotatable bonds is 3. The Bertz CT molecular complexity index is 337. The molecule has 0 bridgehead atoms. The van der Waals surface area contributed by atoms with E-state index in [-0.39, 0.29) is 0 Å². The maximum absolute atomic E-state index is 3.73. The average molecular weight is 235 g/mol. The topological polar surface area (TPSA) is 12.0 Å². The van der Waals surface area contributed by atoms with Gasteiger partial charge in [-0.3, -0.25) is 0 Å². The van der Waals surface area contributed by atoms with Gasteiger partial charge in [-0.2, -0.15) is 11.8 Å². The molecule has 0 spiro atoms. The molecule has 1 saturated heterocycles. The van der Waals surface area contributed by atoms with Gasteiger partial charge in [-0.05, 0) is 36.6 Å². The van der Waals surface area contributed by atoms with Crippen molar-refractivity contribution >= 4 is 17.4 Å². The normalized spacial score (nSPS) is 25.4. The fourth-order valence-electron chi connectivity index (χ4n) is 2.28. The molecule has 0 aliphatic carbocycles. The third-order valence-electron chi connectivity index (χ3n) is 3.35. The Morgan fingerprint density at radius 3 is 2.94 bits per heavy atom. The first-order chi connectivity index (χ1) is 7.81. The Hall–Kier alpha value is -0.630. The summed E-state index contributed by atoms with van der Waals surface area (Å²) in [7, 11) is 0. The second-order valence-electron chi connectivity index (χ2n) is 4.48. The van der Waals surface area contributed by atoms with Crippen LogP contribution < -0.4 is 5.32 Å². The summed E-state index contributed by atoms with van der Waals surface area (Å²) in [6.07, 6.45) is 3.77. The van der Waals surface area contributed by atoms with E-state index >= 15 is 0 Å². The standard InChI is InChI=1S/C14H21NS/c1-3-12-7-4-5-8-14(12)15-13-9-6-10-16-11(13)2/h4-5,7-8,11,13,15H,3,6,9-10H2,1-2H3. The smallest absolute Gasteiger partial charge is 0.0377 e. The van der Waals surface area contributed by atoms with Gasteiger partial charge in [0.2, 0.25) is 0 Å². The third-order valence-corrected chi connectivity index (χ3v) is 4.72. The van der Waals surface area contributed by atoms with Crippen LogP contribution in [-0.4, -0.2) is 17.0 Å². The summed E-state index contributed by atoms with van der Waals surface area (Å²) in [6.45, 7) is 4.57. The zero-order chi connectivity index (χ0) is 11.4. The van der Waals surface area contributed by atoms with E-state index in [1.54, 1.807) is 0 Å². The Labute approximate surface area is 103 Å². The van der Waals surface area contributed by atoms with Crippen LogP contribution in [0.25, 0.3) is 0 Å². The lowest BCUT2D eigenvalue weighted by Crippen LogP contribution is -2.33. The number of thioether (sulfide) groups is 1. The van der Waals surface area contributed by atoms with Crippen molar-refractivity contribution in [3.8, 4) is 0 Å². The highest BCUT2D eigenvalue weighted by Crippen LogP contribution is 2.28. The predicted molar refractivity (Wildman–Crippen MR) is 74.4 cm³/mol. The quantitative estimate of drug-likeness (QED) is 0.851. The van der Waals surface area contributed by atoms with Crippen molar-refractivity contribution in [2.75, 3.05) is 11.1 Å². The van der Waals surface area contributed by atoms with Gasteiger partial charge in [0.25, 0.3) is 0 Å². The number of anilines is 1. The van der Waals surface area contributed by atoms with Crippen molar-refractivity contribution in [1.82, 2.24) is 0 Å². The molecular formula is C14H21NS. The molecule has 2 heteroatoms. The second-order valence-corrected chi connectivity index (χ2v) is 5.96. The van der Waals surface area contributed by atoms with Crippen LogP contribution in [0.15, 0.2) is 24.3 Å². The van der Waals surface area contributed by atoms with Crippen LogP contribution in [0.1, 0.15) is 32.3 Å². The maximum atomic E-state index is 3.73. The van der Waals surface area contributed by atoms with Crippen molar-refractivity contribution in [2.24, 2.45) is 0 Å². The van der Waals surface area contributed by atoms with Crippen molar-refractivity contribution in [1.29, 1.82) is 0 Å². The first-order valence-electron chi connectivity index (χ1n) is 6.27. The number of benzene rings is 1. The first kappa shape index (κ1) is 11.8. The summed E-state index contributed by atoms with van der Waals surface area (Å²) in [5.41, 5.74) is 2.77. The Morgan fingerprint density at radius 2 is 2.19 bits per heavy atom. The van der Waals surface area contributed by atoms with Crippen LogP contribution in [-0.2, 0) is 6.42 Å². The van der Waals surface area contributed by atoms with Gasteiger partial charge >= 0.3 is 0 Å². The molecule has 0 amide bonds. The molecule has 1 nitrogen and oxygen atoms in total. The number of nitrogens with one attached hydrogen (secondary N) is 1. The fourth-order valence-corrected chi connectivity index (χ4v) is 3.42. The van der Waals surface area contributed by atoms with Crippen molar-refractivity contribution in [3.05, 3.63) is 29.8 Å². The van der Waals surface area contributed by atoms with E-state index < -0.39 is 0 Å². The Balaban J connectivity index is 2.07. The van der Waals surface area contributed by atoms with E-state index in [2.05, 4.69) is 55.2 Å². The molecule has 2 rings (SSSR count). The van der Waals surface area contributed by atoms with Crippen LogP contribution in [0.4, 0.5) is 5.69 Å². The lowest BCUT2D eigenvalue weighted by Gasteiger charge is -2.30. The lowest BCUT2D eigenvalue weighted by molar-refractivity contribution is 0.617. The van der Waals surface area contributed by atoms with Gasteiger partial charge in [-0.1, -0.05) is 32.0 Å². The lowest BCUT2D eigenvalue weighted by atomic mass is 10.1. The largest absolute Gasteiger partial charge is 0.381 e. The minimum atomic E-state index is 0.645. The van der Waals surface area contributed by atoms with E-state index in [4.69, 9.17) is 0 Å². The van der Waals surface area contributed by atoms with Gasteiger partial charge in [-0.15, -0.1) is 0 Å². The molecule has 1 heterocycles. The fraction of sp³-hybridized carbons (Fsp3) is 0.571. The number of aryl methyl sites for hydroxylation is 1. The van der Waals surface area contributed by atoms with E-state index in [1.807, 2.05) is 0 Å². The maximum Gasteiger partial charge on any atom is 0.0377 e. The third kappa shape index (κ3) is 2.73. The molecule has 1 N–H and O–H groups in total. The van der Waals surface area contributed by atoms with E-state index in [1.165, 1.54) is 29.8 Å². The van der Waals surface area contributed by atoms with E-state index in [9.17, 15) is 0 Å². The highest BCUT2D eigenvalue weighted by Gasteiger charge is 2.21. The van der Waals surface area contributed by atoms with Crippen LogP contribution in [0.5, 0.6) is 0 Å². The summed E-state index contributed by atoms with van der Waals surface area (Å²) < 4.78 is 0. The molecule has 2 atom stereocenters. The summed E-state index contributed by atoms with van der Waals surface area (Å²) in [5.74, 6) is 1.33. The Morgan fingerprint density at radius 1 is 1.38 bits per heavy atom. The van der Waals surface area contributed by atoms with Crippen molar-refractivity contribution in [3.63, 3.8) is 0 Å². The predicted octanol–water partition coefficient (Wildman–Crippen LogP) is 3.95. The zero-order valence-corrected chi connectivity index (χ0v) is 11.0. The first-order valence-corrected chi connectivity index (χ1v) is 7.32. The molecule has 1 aromatic carbocycles. The molecule has 2 unspecified atom stereocenters. The van der Waals surface area contributed by atoms with Gasteiger partial charge in [0.05, 0.1) is 0 Å². The highest BCUT2D eigenvalue weighted by molar-refractivity contribution is 8.00. The minimum Gasteiger partial charge on any atom is -0.381 e. The molecule has 1 aliphatic heterocycles. The number of para-hydroxylation sites is 1. The summed E-state index contributed by atoms with van der Waals surface area (Å²) >= 11 is 2.10. The average Bonchev–Trinajstić information content (AvgIpc) is 2.33. The van der Waals surface area contributed by atoms with Crippen molar-refractivity contribution in [2.45, 2.75) is 44.4 Å². The SMILES string of the molecule is CCc1ccccc1NC1CCCSC1C. The molecule has 1 aromatic rings. The van der Waals surface area contributed by atoms with Gasteiger partial charge in [-0.25, -0.2) is 0 Å².